The molecule has 0 aliphatic rings. The summed E-state index contributed by atoms with van der Waals surface area (Å²) in [5, 5.41) is 41.7. The predicted octanol–water partition coefficient (Wildman–Crippen LogP) is 8.47. The fourth-order valence-corrected chi connectivity index (χ4v) is 6.13. The summed E-state index contributed by atoms with van der Waals surface area (Å²) in [6, 6.07) is 28.4. The van der Waals surface area contributed by atoms with Crippen molar-refractivity contribution in [3.8, 4) is 11.5 Å². The maximum absolute atomic E-state index is 12.3. The molecule has 47 heavy (non-hydrogen) atoms. The molecular formula is C32H23N5O8S2. The minimum absolute atomic E-state index is 0.225. The van der Waals surface area contributed by atoms with E-state index in [4.69, 9.17) is 0 Å². The van der Waals surface area contributed by atoms with Gasteiger partial charge in [-0.2, -0.15) is 27.1 Å². The van der Waals surface area contributed by atoms with Crippen molar-refractivity contribution < 1.29 is 36.2 Å². The number of hydrogen-bond donors (Lipinski definition) is 5. The Bertz CT molecular complexity index is 2280. The molecule has 0 fully saturated rings. The SMILES string of the molecule is O=S(=O)(O)c1cc2cc(Nc3ccc4c(O)c(N=Nc5ccccc5)c(S(=O)(=O)O)cc4c3)ccc2c(O)c1N=Nc1ccccc1. The van der Waals surface area contributed by atoms with E-state index in [2.05, 4.69) is 25.8 Å². The highest BCUT2D eigenvalue weighted by molar-refractivity contribution is 7.86. The van der Waals surface area contributed by atoms with Gasteiger partial charge in [0.2, 0.25) is 0 Å². The molecule has 0 atom stereocenters. The Morgan fingerprint density at radius 1 is 0.489 bits per heavy atom. The molecule has 0 saturated carbocycles. The third-order valence-corrected chi connectivity index (χ3v) is 8.72. The Morgan fingerprint density at radius 3 is 1.23 bits per heavy atom. The van der Waals surface area contributed by atoms with Crippen molar-refractivity contribution in [3.63, 3.8) is 0 Å². The molecule has 0 bridgehead atoms. The van der Waals surface area contributed by atoms with Crippen LogP contribution in [0.2, 0.25) is 0 Å². The number of fused-ring (bicyclic) bond motifs is 2. The molecule has 0 spiro atoms. The lowest BCUT2D eigenvalue weighted by atomic mass is 10.1. The van der Waals surface area contributed by atoms with Gasteiger partial charge in [0.1, 0.15) is 21.2 Å². The number of aromatic hydroxyl groups is 2. The second-order valence-electron chi connectivity index (χ2n) is 10.2. The van der Waals surface area contributed by atoms with Crippen LogP contribution < -0.4 is 5.32 Å². The van der Waals surface area contributed by atoms with E-state index in [0.29, 0.717) is 22.7 Å². The number of anilines is 2. The summed E-state index contributed by atoms with van der Waals surface area (Å²) in [7, 11) is -9.67. The lowest BCUT2D eigenvalue weighted by Crippen LogP contribution is -2.00. The molecule has 13 nitrogen and oxygen atoms in total. The van der Waals surface area contributed by atoms with E-state index >= 15 is 0 Å². The van der Waals surface area contributed by atoms with E-state index < -0.39 is 52.9 Å². The van der Waals surface area contributed by atoms with Crippen LogP contribution in [0.5, 0.6) is 11.5 Å². The standard InChI is InChI=1S/C32H23N5O8S2/c38-31-25-13-11-23(15-19(25)17-27(46(40,41)42)29(31)36-34-21-7-3-1-4-8-21)33-24-12-14-26-20(16-24)18-28(47(43,44)45)30(32(26)39)37-35-22-9-5-2-6-10-22/h1-18,33,38-39H,(H,40,41,42)(H,43,44,45). The quantitative estimate of drug-likeness (QED) is 0.0775. The van der Waals surface area contributed by atoms with Gasteiger partial charge in [-0.05, 0) is 83.6 Å². The fraction of sp³-hybridized carbons (Fsp3) is 0. The van der Waals surface area contributed by atoms with E-state index in [-0.39, 0.29) is 21.5 Å². The number of rotatable bonds is 8. The van der Waals surface area contributed by atoms with Crippen molar-refractivity contribution in [2.45, 2.75) is 9.79 Å². The highest BCUT2D eigenvalue weighted by Gasteiger charge is 2.24. The van der Waals surface area contributed by atoms with Gasteiger partial charge >= 0.3 is 0 Å². The largest absolute Gasteiger partial charge is 0.505 e. The second-order valence-corrected chi connectivity index (χ2v) is 12.9. The summed E-state index contributed by atoms with van der Waals surface area (Å²) in [5.41, 5.74) is 0.765. The highest BCUT2D eigenvalue weighted by atomic mass is 32.2. The Balaban J connectivity index is 1.38. The summed E-state index contributed by atoms with van der Waals surface area (Å²) < 4.78 is 68.9. The van der Waals surface area contributed by atoms with E-state index in [1.165, 1.54) is 24.3 Å². The van der Waals surface area contributed by atoms with Gasteiger partial charge in [-0.25, -0.2) is 0 Å². The lowest BCUT2D eigenvalue weighted by molar-refractivity contribution is 0.472. The predicted molar refractivity (Wildman–Crippen MR) is 175 cm³/mol. The minimum atomic E-state index is -4.83. The molecule has 0 aromatic heterocycles. The summed E-state index contributed by atoms with van der Waals surface area (Å²) in [6.45, 7) is 0. The van der Waals surface area contributed by atoms with E-state index in [1.54, 1.807) is 72.8 Å². The molecule has 0 aliphatic heterocycles. The van der Waals surface area contributed by atoms with Crippen molar-refractivity contribution in [3.05, 3.63) is 109 Å². The van der Waals surface area contributed by atoms with Crippen LogP contribution >= 0.6 is 0 Å². The molecule has 5 N–H and O–H groups in total. The maximum Gasteiger partial charge on any atom is 0.296 e. The molecule has 0 heterocycles. The number of azo groups is 2. The molecule has 0 saturated heterocycles. The first kappa shape index (κ1) is 31.3. The van der Waals surface area contributed by atoms with Gasteiger partial charge in [-0.15, -0.1) is 10.2 Å². The smallest absolute Gasteiger partial charge is 0.296 e. The van der Waals surface area contributed by atoms with E-state index in [1.807, 2.05) is 0 Å². The van der Waals surface area contributed by atoms with Crippen molar-refractivity contribution >= 4 is 75.9 Å². The average molecular weight is 670 g/mol. The van der Waals surface area contributed by atoms with Crippen molar-refractivity contribution in [1.29, 1.82) is 0 Å². The summed E-state index contributed by atoms with van der Waals surface area (Å²) in [4.78, 5) is -1.31. The van der Waals surface area contributed by atoms with Crippen molar-refractivity contribution in [2.75, 3.05) is 5.32 Å². The van der Waals surface area contributed by atoms with E-state index in [9.17, 15) is 36.2 Å². The van der Waals surface area contributed by atoms with Crippen LogP contribution in [0, 0.1) is 0 Å². The summed E-state index contributed by atoms with van der Waals surface area (Å²) in [5.74, 6) is -1.03. The number of phenolic OH excluding ortho intramolecular Hbond substituents is 2. The van der Waals surface area contributed by atoms with E-state index in [0.717, 1.165) is 12.1 Å². The zero-order chi connectivity index (χ0) is 33.3. The Hall–Kier alpha value is -5.74. The van der Waals surface area contributed by atoms with Gasteiger partial charge in [0, 0.05) is 22.1 Å². The average Bonchev–Trinajstić information content (AvgIpc) is 3.03. The zero-order valence-corrected chi connectivity index (χ0v) is 25.6. The van der Waals surface area contributed by atoms with Gasteiger partial charge < -0.3 is 15.5 Å². The molecule has 6 aromatic carbocycles. The minimum Gasteiger partial charge on any atom is -0.505 e. The fourth-order valence-electron chi connectivity index (χ4n) is 4.82. The monoisotopic (exact) mass is 669 g/mol. The normalized spacial score (nSPS) is 12.4. The Morgan fingerprint density at radius 2 is 0.872 bits per heavy atom. The Labute approximate surface area is 267 Å². The summed E-state index contributed by atoms with van der Waals surface area (Å²) in [6.07, 6.45) is 0. The third kappa shape index (κ3) is 6.63. The van der Waals surface area contributed by atoms with Crippen LogP contribution in [0.4, 0.5) is 34.1 Å². The molecule has 15 heteroatoms. The lowest BCUT2D eigenvalue weighted by Gasteiger charge is -2.13. The number of benzene rings is 6. The van der Waals surface area contributed by atoms with Crippen LogP contribution in [0.1, 0.15) is 0 Å². The van der Waals surface area contributed by atoms with Crippen molar-refractivity contribution in [1.82, 2.24) is 0 Å². The molecular weight excluding hydrogens is 647 g/mol. The molecule has 0 radical (unpaired) electrons. The van der Waals surface area contributed by atoms with Gasteiger partial charge in [0.05, 0.1) is 11.4 Å². The molecule has 236 valence electrons. The summed E-state index contributed by atoms with van der Waals surface area (Å²) >= 11 is 0. The van der Waals surface area contributed by atoms with Crippen LogP contribution in [0.3, 0.4) is 0 Å². The van der Waals surface area contributed by atoms with Crippen LogP contribution in [-0.2, 0) is 20.2 Å². The first-order valence-electron chi connectivity index (χ1n) is 13.6. The van der Waals surface area contributed by atoms with Gasteiger partial charge in [0.15, 0.2) is 11.5 Å². The zero-order valence-electron chi connectivity index (χ0n) is 23.9. The van der Waals surface area contributed by atoms with Gasteiger partial charge in [0.25, 0.3) is 20.2 Å². The molecule has 0 amide bonds. The van der Waals surface area contributed by atoms with Crippen LogP contribution in [0.25, 0.3) is 21.5 Å². The Kier molecular flexibility index (Phi) is 8.13. The van der Waals surface area contributed by atoms with Gasteiger partial charge in [-0.1, -0.05) is 36.4 Å². The molecule has 0 unspecified atom stereocenters. The molecule has 6 aromatic rings. The molecule has 0 aliphatic carbocycles. The first-order chi connectivity index (χ1) is 22.4. The molecule has 6 rings (SSSR count). The van der Waals surface area contributed by atoms with Crippen LogP contribution in [0.15, 0.2) is 139 Å². The highest BCUT2D eigenvalue weighted by Crippen LogP contribution is 2.44. The second kappa shape index (κ2) is 12.2. The number of nitrogens with one attached hydrogen (secondary N) is 1. The van der Waals surface area contributed by atoms with Crippen molar-refractivity contribution in [2.24, 2.45) is 20.5 Å². The third-order valence-electron chi connectivity index (χ3n) is 6.99. The first-order valence-corrected chi connectivity index (χ1v) is 16.5. The topological polar surface area (TPSA) is 211 Å². The number of hydrogen-bond acceptors (Lipinski definition) is 11. The maximum atomic E-state index is 12.3. The number of phenols is 2. The number of nitrogens with zero attached hydrogens (tertiary/aromatic N) is 4. The van der Waals surface area contributed by atoms with Crippen LogP contribution in [-0.4, -0.2) is 36.2 Å². The van der Waals surface area contributed by atoms with Gasteiger partial charge in [-0.3, -0.25) is 9.11 Å².